The summed E-state index contributed by atoms with van der Waals surface area (Å²) in [5, 5.41) is 2.88. The van der Waals surface area contributed by atoms with Crippen LogP contribution in [0.15, 0.2) is 0 Å². The molecule has 1 radical (unpaired) electrons. The minimum Gasteiger partial charge on any atom is -0.444 e. The standard InChI is InChI=1S/C12H22NO2/c1-9-7-5-6-8-10(9)13-11(14)15-12(2,3)4/h9H,5-8H2,1-4H3,(H,13,14). The molecule has 1 unspecified atom stereocenters. The Hall–Kier alpha value is -0.730. The average Bonchev–Trinajstić information content (AvgIpc) is 2.05. The number of nitrogens with one attached hydrogen (secondary N) is 1. The number of ether oxygens (including phenoxy) is 1. The Bertz CT molecular complexity index is 220. The van der Waals surface area contributed by atoms with Crippen molar-refractivity contribution in [2.75, 3.05) is 0 Å². The van der Waals surface area contributed by atoms with Crippen LogP contribution in [-0.2, 0) is 4.74 Å². The van der Waals surface area contributed by atoms with Crippen molar-refractivity contribution in [1.82, 2.24) is 5.32 Å². The van der Waals surface area contributed by atoms with E-state index in [1.165, 1.54) is 19.3 Å². The molecule has 0 saturated heterocycles. The van der Waals surface area contributed by atoms with E-state index in [4.69, 9.17) is 4.74 Å². The van der Waals surface area contributed by atoms with E-state index in [0.717, 1.165) is 12.5 Å². The molecular weight excluding hydrogens is 190 g/mol. The topological polar surface area (TPSA) is 38.3 Å². The molecule has 15 heavy (non-hydrogen) atoms. The first-order valence-electron chi connectivity index (χ1n) is 5.74. The summed E-state index contributed by atoms with van der Waals surface area (Å²) >= 11 is 0. The maximum Gasteiger partial charge on any atom is 0.408 e. The molecule has 1 rings (SSSR count). The van der Waals surface area contributed by atoms with E-state index in [2.05, 4.69) is 12.2 Å². The number of hydrogen-bond acceptors (Lipinski definition) is 2. The first-order chi connectivity index (χ1) is 6.88. The molecule has 0 spiro atoms. The molecule has 3 heteroatoms. The minimum absolute atomic E-state index is 0.314. The molecule has 1 aliphatic rings. The highest BCUT2D eigenvalue weighted by Gasteiger charge is 2.26. The zero-order chi connectivity index (χ0) is 11.5. The molecule has 87 valence electrons. The van der Waals surface area contributed by atoms with Crippen LogP contribution in [0.4, 0.5) is 4.79 Å². The van der Waals surface area contributed by atoms with Crippen LogP contribution in [0.25, 0.3) is 0 Å². The molecule has 0 aliphatic heterocycles. The molecule has 1 fully saturated rings. The van der Waals surface area contributed by atoms with Crippen molar-refractivity contribution in [3.05, 3.63) is 6.04 Å². The fraction of sp³-hybridized carbons (Fsp3) is 0.833. The van der Waals surface area contributed by atoms with E-state index in [1.807, 2.05) is 20.8 Å². The fourth-order valence-corrected chi connectivity index (χ4v) is 1.81. The van der Waals surface area contributed by atoms with Gasteiger partial charge in [0.2, 0.25) is 0 Å². The van der Waals surface area contributed by atoms with Crippen LogP contribution in [0, 0.1) is 12.0 Å². The SMILES string of the molecule is CC1CCCC[C]1NC(=O)OC(C)(C)C. The number of rotatable bonds is 1. The maximum absolute atomic E-state index is 11.5. The highest BCUT2D eigenvalue weighted by atomic mass is 16.6. The third-order valence-electron chi connectivity index (χ3n) is 2.59. The Balaban J connectivity index is 2.36. The lowest BCUT2D eigenvalue weighted by Gasteiger charge is -2.29. The summed E-state index contributed by atoms with van der Waals surface area (Å²) in [4.78, 5) is 11.5. The van der Waals surface area contributed by atoms with Gasteiger partial charge in [-0.1, -0.05) is 19.8 Å². The second kappa shape index (κ2) is 4.86. The largest absolute Gasteiger partial charge is 0.444 e. The Morgan fingerprint density at radius 1 is 1.40 bits per heavy atom. The van der Waals surface area contributed by atoms with Crippen LogP contribution in [0.2, 0.25) is 0 Å². The van der Waals surface area contributed by atoms with Crippen LogP contribution < -0.4 is 5.32 Å². The van der Waals surface area contributed by atoms with Gasteiger partial charge in [-0.2, -0.15) is 0 Å². The predicted octanol–water partition coefficient (Wildman–Crippen LogP) is 3.25. The number of carbonyl (C=O) groups is 1. The lowest BCUT2D eigenvalue weighted by Crippen LogP contribution is -2.38. The molecule has 0 aromatic heterocycles. The van der Waals surface area contributed by atoms with Gasteiger partial charge in [0.05, 0.1) is 6.04 Å². The van der Waals surface area contributed by atoms with Gasteiger partial charge in [-0.05, 0) is 39.5 Å². The molecule has 1 N–H and O–H groups in total. The summed E-state index contributed by atoms with van der Waals surface area (Å²) in [6.45, 7) is 7.79. The van der Waals surface area contributed by atoms with E-state index < -0.39 is 5.60 Å². The number of alkyl carbamates (subject to hydrolysis) is 1. The highest BCUT2D eigenvalue weighted by molar-refractivity contribution is 5.69. The van der Waals surface area contributed by atoms with Crippen molar-refractivity contribution in [2.45, 2.75) is 59.0 Å². The highest BCUT2D eigenvalue weighted by Crippen LogP contribution is 2.29. The van der Waals surface area contributed by atoms with Crippen LogP contribution >= 0.6 is 0 Å². The van der Waals surface area contributed by atoms with Crippen LogP contribution in [0.1, 0.15) is 53.4 Å². The van der Waals surface area contributed by atoms with Gasteiger partial charge in [-0.3, -0.25) is 0 Å². The third-order valence-corrected chi connectivity index (χ3v) is 2.59. The van der Waals surface area contributed by atoms with Crippen molar-refractivity contribution in [2.24, 2.45) is 5.92 Å². The van der Waals surface area contributed by atoms with Crippen molar-refractivity contribution >= 4 is 6.09 Å². The second-order valence-corrected chi connectivity index (χ2v) is 5.30. The van der Waals surface area contributed by atoms with Crippen LogP contribution in [0.3, 0.4) is 0 Å². The molecular formula is C12H22NO2. The summed E-state index contributed by atoms with van der Waals surface area (Å²) < 4.78 is 5.22. The predicted molar refractivity (Wildman–Crippen MR) is 60.2 cm³/mol. The summed E-state index contributed by atoms with van der Waals surface area (Å²) in [6, 6.07) is 1.13. The normalized spacial score (nSPS) is 23.6. The van der Waals surface area contributed by atoms with Gasteiger partial charge < -0.3 is 10.1 Å². The summed E-state index contributed by atoms with van der Waals surface area (Å²) in [6.07, 6.45) is 4.30. The van der Waals surface area contributed by atoms with Gasteiger partial charge in [0, 0.05) is 0 Å². The van der Waals surface area contributed by atoms with Crippen molar-refractivity contribution in [3.8, 4) is 0 Å². The zero-order valence-corrected chi connectivity index (χ0v) is 10.2. The molecule has 0 aromatic rings. The molecule has 0 aromatic carbocycles. The number of hydrogen-bond donors (Lipinski definition) is 1. The lowest BCUT2D eigenvalue weighted by atomic mass is 9.86. The van der Waals surface area contributed by atoms with E-state index in [9.17, 15) is 4.79 Å². The third kappa shape index (κ3) is 4.54. The Morgan fingerprint density at radius 2 is 2.07 bits per heavy atom. The van der Waals surface area contributed by atoms with Crippen molar-refractivity contribution < 1.29 is 9.53 Å². The van der Waals surface area contributed by atoms with Gasteiger partial charge in [-0.25, -0.2) is 4.79 Å². The summed E-state index contributed by atoms with van der Waals surface area (Å²) in [7, 11) is 0. The van der Waals surface area contributed by atoms with Gasteiger partial charge in [0.15, 0.2) is 0 Å². The van der Waals surface area contributed by atoms with Crippen LogP contribution in [0.5, 0.6) is 0 Å². The smallest absolute Gasteiger partial charge is 0.408 e. The molecule has 3 nitrogen and oxygen atoms in total. The average molecular weight is 212 g/mol. The molecule has 1 aliphatic carbocycles. The zero-order valence-electron chi connectivity index (χ0n) is 10.2. The molecule has 0 bridgehead atoms. The molecule has 1 saturated carbocycles. The fourth-order valence-electron chi connectivity index (χ4n) is 1.81. The molecule has 0 heterocycles. The maximum atomic E-state index is 11.5. The van der Waals surface area contributed by atoms with Crippen LogP contribution in [-0.4, -0.2) is 11.7 Å². The number of carbonyl (C=O) groups excluding carboxylic acids is 1. The Kier molecular flexibility index (Phi) is 4.00. The minimum atomic E-state index is -0.414. The second-order valence-electron chi connectivity index (χ2n) is 5.30. The van der Waals surface area contributed by atoms with E-state index >= 15 is 0 Å². The Morgan fingerprint density at radius 3 is 2.60 bits per heavy atom. The van der Waals surface area contributed by atoms with Gasteiger partial charge >= 0.3 is 6.09 Å². The van der Waals surface area contributed by atoms with E-state index in [0.29, 0.717) is 5.92 Å². The number of amides is 1. The van der Waals surface area contributed by atoms with Gasteiger partial charge in [0.1, 0.15) is 5.60 Å². The first kappa shape index (κ1) is 12.3. The lowest BCUT2D eigenvalue weighted by molar-refractivity contribution is 0.0515. The van der Waals surface area contributed by atoms with Crippen molar-refractivity contribution in [1.29, 1.82) is 0 Å². The van der Waals surface area contributed by atoms with Gasteiger partial charge in [0.25, 0.3) is 0 Å². The molecule has 1 amide bonds. The molecule has 1 atom stereocenters. The summed E-state index contributed by atoms with van der Waals surface area (Å²) in [5.74, 6) is 0.492. The summed E-state index contributed by atoms with van der Waals surface area (Å²) in [5.41, 5.74) is -0.414. The van der Waals surface area contributed by atoms with Gasteiger partial charge in [-0.15, -0.1) is 0 Å². The Labute approximate surface area is 92.6 Å². The quantitative estimate of drug-likeness (QED) is 0.724. The van der Waals surface area contributed by atoms with E-state index in [-0.39, 0.29) is 6.09 Å². The van der Waals surface area contributed by atoms with Crippen molar-refractivity contribution in [3.63, 3.8) is 0 Å². The monoisotopic (exact) mass is 212 g/mol. The first-order valence-corrected chi connectivity index (χ1v) is 5.74. The van der Waals surface area contributed by atoms with E-state index in [1.54, 1.807) is 0 Å².